The average Bonchev–Trinajstić information content (AvgIpc) is 3.12. The smallest absolute Gasteiger partial charge is 0.317 e. The molecule has 0 atom stereocenters. The zero-order chi connectivity index (χ0) is 12.3. The highest BCUT2D eigenvalue weighted by Gasteiger charge is 2.31. The molecule has 6 nitrogen and oxygen atoms in total. The zero-order valence-electron chi connectivity index (χ0n) is 9.67. The number of nitrogens with zero attached hydrogens (tertiary/aromatic N) is 3. The fraction of sp³-hybridized carbons (Fsp3) is 0.545. The largest absolute Gasteiger partial charge is 0.480 e. The van der Waals surface area contributed by atoms with Gasteiger partial charge in [0.2, 0.25) is 5.88 Å². The molecule has 1 saturated carbocycles. The Morgan fingerprint density at radius 2 is 2.24 bits per heavy atom. The minimum atomic E-state index is -0.820. The van der Waals surface area contributed by atoms with Crippen LogP contribution in [0.25, 0.3) is 0 Å². The van der Waals surface area contributed by atoms with Crippen LogP contribution in [0.3, 0.4) is 0 Å². The number of hydrogen-bond acceptors (Lipinski definition) is 5. The van der Waals surface area contributed by atoms with Gasteiger partial charge in [0.25, 0.3) is 0 Å². The lowest BCUT2D eigenvalue weighted by molar-refractivity contribution is -0.138. The van der Waals surface area contributed by atoms with Crippen molar-refractivity contribution in [1.29, 1.82) is 0 Å². The molecule has 1 heterocycles. The SMILES string of the molecule is COc1nccnc1CN(CC(=O)O)C1CC1. The highest BCUT2D eigenvalue weighted by molar-refractivity contribution is 5.69. The van der Waals surface area contributed by atoms with Gasteiger partial charge in [0.05, 0.1) is 13.7 Å². The normalized spacial score (nSPS) is 14.9. The number of aliphatic carboxylic acids is 1. The van der Waals surface area contributed by atoms with E-state index >= 15 is 0 Å². The summed E-state index contributed by atoms with van der Waals surface area (Å²) in [6.07, 6.45) is 5.25. The van der Waals surface area contributed by atoms with E-state index in [1.54, 1.807) is 12.4 Å². The van der Waals surface area contributed by atoms with Gasteiger partial charge < -0.3 is 9.84 Å². The maximum Gasteiger partial charge on any atom is 0.317 e. The van der Waals surface area contributed by atoms with Gasteiger partial charge in [-0.15, -0.1) is 0 Å². The number of ether oxygens (including phenoxy) is 1. The van der Waals surface area contributed by atoms with Crippen molar-refractivity contribution in [3.05, 3.63) is 18.1 Å². The van der Waals surface area contributed by atoms with Crippen molar-refractivity contribution in [2.45, 2.75) is 25.4 Å². The van der Waals surface area contributed by atoms with E-state index in [4.69, 9.17) is 9.84 Å². The zero-order valence-corrected chi connectivity index (χ0v) is 9.67. The summed E-state index contributed by atoms with van der Waals surface area (Å²) in [7, 11) is 1.53. The molecular weight excluding hydrogens is 222 g/mol. The van der Waals surface area contributed by atoms with Crippen LogP contribution in [-0.4, -0.2) is 45.6 Å². The molecule has 1 aromatic rings. The first-order chi connectivity index (χ1) is 8.20. The monoisotopic (exact) mass is 237 g/mol. The maximum absolute atomic E-state index is 10.8. The third-order valence-corrected chi connectivity index (χ3v) is 2.68. The van der Waals surface area contributed by atoms with Crippen LogP contribution in [0.5, 0.6) is 5.88 Å². The van der Waals surface area contributed by atoms with Crippen molar-refractivity contribution in [3.63, 3.8) is 0 Å². The molecule has 1 fully saturated rings. The topological polar surface area (TPSA) is 75.6 Å². The molecule has 0 aromatic carbocycles. The summed E-state index contributed by atoms with van der Waals surface area (Å²) in [4.78, 5) is 20.9. The van der Waals surface area contributed by atoms with Crippen LogP contribution < -0.4 is 4.74 Å². The van der Waals surface area contributed by atoms with E-state index in [2.05, 4.69) is 9.97 Å². The van der Waals surface area contributed by atoms with Gasteiger partial charge in [0, 0.05) is 25.0 Å². The van der Waals surface area contributed by atoms with Gasteiger partial charge in [0.1, 0.15) is 5.69 Å². The lowest BCUT2D eigenvalue weighted by atomic mass is 10.3. The summed E-state index contributed by atoms with van der Waals surface area (Å²) in [6, 6.07) is 0.359. The van der Waals surface area contributed by atoms with E-state index in [-0.39, 0.29) is 6.54 Å². The lowest BCUT2D eigenvalue weighted by Crippen LogP contribution is -2.31. The maximum atomic E-state index is 10.8. The van der Waals surface area contributed by atoms with Crippen molar-refractivity contribution in [2.75, 3.05) is 13.7 Å². The summed E-state index contributed by atoms with van der Waals surface area (Å²) in [5.41, 5.74) is 0.683. The Kier molecular flexibility index (Phi) is 3.53. The van der Waals surface area contributed by atoms with Crippen LogP contribution >= 0.6 is 0 Å². The van der Waals surface area contributed by atoms with Crippen LogP contribution in [0.2, 0.25) is 0 Å². The van der Waals surface area contributed by atoms with E-state index in [0.29, 0.717) is 24.2 Å². The molecule has 1 aromatic heterocycles. The summed E-state index contributed by atoms with van der Waals surface area (Å²) in [5, 5.41) is 8.86. The van der Waals surface area contributed by atoms with E-state index < -0.39 is 5.97 Å². The molecule has 17 heavy (non-hydrogen) atoms. The minimum absolute atomic E-state index is 0.0321. The standard InChI is InChI=1S/C11H15N3O3/c1-17-11-9(12-4-5-13-11)6-14(7-10(15)16)8-2-3-8/h4-5,8H,2-3,6-7H2,1H3,(H,15,16). The molecule has 1 aliphatic carbocycles. The molecule has 1 aliphatic rings. The van der Waals surface area contributed by atoms with Gasteiger partial charge in [-0.2, -0.15) is 0 Å². The number of hydrogen-bond donors (Lipinski definition) is 1. The van der Waals surface area contributed by atoms with E-state index in [9.17, 15) is 4.79 Å². The third-order valence-electron chi connectivity index (χ3n) is 2.68. The second-order valence-electron chi connectivity index (χ2n) is 4.04. The Hall–Kier alpha value is -1.69. The molecule has 0 bridgehead atoms. The van der Waals surface area contributed by atoms with Crippen LogP contribution in [0.4, 0.5) is 0 Å². The molecule has 0 aliphatic heterocycles. The highest BCUT2D eigenvalue weighted by Crippen LogP contribution is 2.28. The highest BCUT2D eigenvalue weighted by atomic mass is 16.5. The molecule has 6 heteroatoms. The first-order valence-electron chi connectivity index (χ1n) is 5.50. The van der Waals surface area contributed by atoms with Crippen LogP contribution in [0, 0.1) is 0 Å². The molecule has 0 amide bonds. The van der Waals surface area contributed by atoms with Crippen LogP contribution in [0.1, 0.15) is 18.5 Å². The van der Waals surface area contributed by atoms with Crippen molar-refractivity contribution in [3.8, 4) is 5.88 Å². The predicted octanol–water partition coefficient (Wildman–Crippen LogP) is 0.534. The first kappa shape index (κ1) is 11.8. The van der Waals surface area contributed by atoms with Gasteiger partial charge in [-0.25, -0.2) is 4.98 Å². The number of carboxylic acid groups (broad SMARTS) is 1. The van der Waals surface area contributed by atoms with Gasteiger partial charge in [-0.1, -0.05) is 0 Å². The van der Waals surface area contributed by atoms with E-state index in [1.165, 1.54) is 7.11 Å². The quantitative estimate of drug-likeness (QED) is 0.778. The van der Waals surface area contributed by atoms with E-state index in [1.807, 2.05) is 4.90 Å². The molecular formula is C11H15N3O3. The second kappa shape index (κ2) is 5.09. The van der Waals surface area contributed by atoms with Crippen molar-refractivity contribution in [2.24, 2.45) is 0 Å². The number of carbonyl (C=O) groups is 1. The van der Waals surface area contributed by atoms with E-state index in [0.717, 1.165) is 12.8 Å². The Balaban J connectivity index is 2.08. The Bertz CT molecular complexity index is 407. The van der Waals surface area contributed by atoms with Gasteiger partial charge in [0.15, 0.2) is 0 Å². The van der Waals surface area contributed by atoms with Crippen molar-refractivity contribution in [1.82, 2.24) is 14.9 Å². The number of carboxylic acids is 1. The second-order valence-corrected chi connectivity index (χ2v) is 4.04. The molecule has 2 rings (SSSR count). The molecule has 1 N–H and O–H groups in total. The van der Waals surface area contributed by atoms with Gasteiger partial charge in [-0.3, -0.25) is 14.7 Å². The summed E-state index contributed by atoms with van der Waals surface area (Å²) in [5.74, 6) is -0.358. The summed E-state index contributed by atoms with van der Waals surface area (Å²) in [6.45, 7) is 0.498. The molecule has 0 spiro atoms. The predicted molar refractivity (Wildman–Crippen MR) is 59.7 cm³/mol. The van der Waals surface area contributed by atoms with Crippen LogP contribution in [-0.2, 0) is 11.3 Å². The summed E-state index contributed by atoms with van der Waals surface area (Å²) >= 11 is 0. The Labute approximate surface area is 99.2 Å². The molecule has 0 radical (unpaired) electrons. The third kappa shape index (κ3) is 3.13. The van der Waals surface area contributed by atoms with Crippen molar-refractivity contribution >= 4 is 5.97 Å². The first-order valence-corrected chi connectivity index (χ1v) is 5.50. The molecule has 0 saturated heterocycles. The lowest BCUT2D eigenvalue weighted by Gasteiger charge is -2.19. The number of rotatable bonds is 6. The Morgan fingerprint density at radius 1 is 1.53 bits per heavy atom. The Morgan fingerprint density at radius 3 is 2.82 bits per heavy atom. The summed E-state index contributed by atoms with van der Waals surface area (Å²) < 4.78 is 5.10. The molecule has 92 valence electrons. The average molecular weight is 237 g/mol. The molecule has 0 unspecified atom stereocenters. The number of aromatic nitrogens is 2. The minimum Gasteiger partial charge on any atom is -0.480 e. The van der Waals surface area contributed by atoms with Crippen molar-refractivity contribution < 1.29 is 14.6 Å². The fourth-order valence-corrected chi connectivity index (χ4v) is 1.75. The van der Waals surface area contributed by atoms with Gasteiger partial charge in [-0.05, 0) is 12.8 Å². The van der Waals surface area contributed by atoms with Crippen LogP contribution in [0.15, 0.2) is 12.4 Å². The number of methoxy groups -OCH3 is 1. The van der Waals surface area contributed by atoms with Gasteiger partial charge >= 0.3 is 5.97 Å². The fourth-order valence-electron chi connectivity index (χ4n) is 1.75.